The topological polar surface area (TPSA) is 20.3 Å². The Labute approximate surface area is 243 Å². The number of carbonyl (C=O) groups excluding carboxylic acids is 1. The van der Waals surface area contributed by atoms with Gasteiger partial charge in [-0.15, -0.1) is 6.58 Å². The largest absolute Gasteiger partial charge is 0.343 e. The van der Waals surface area contributed by atoms with Gasteiger partial charge < -0.3 is 9.69 Å². The molecule has 4 rings (SSSR count). The number of unbranched alkanes of at least 4 members (excludes halogenated alkanes) is 2. The molecular formula is C34H51NOS2. The third-order valence-corrected chi connectivity index (χ3v) is 9.46. The van der Waals surface area contributed by atoms with Crippen molar-refractivity contribution in [2.45, 2.75) is 116 Å². The molecule has 3 atom stereocenters. The summed E-state index contributed by atoms with van der Waals surface area (Å²) in [5.41, 5.74) is 12.1. The number of fused-ring (bicyclic) bond motifs is 1. The highest BCUT2D eigenvalue weighted by Gasteiger charge is 2.45. The maximum absolute atomic E-state index is 8.81. The number of aryl methyl sites for hydroxylation is 2. The minimum atomic E-state index is 0.350. The fraction of sp³-hybridized carbons (Fsp3) is 0.559. The number of hydrogen-bond donors (Lipinski definition) is 1. The third kappa shape index (κ3) is 8.42. The summed E-state index contributed by atoms with van der Waals surface area (Å²) in [6.45, 7) is 20.2. The smallest absolute Gasteiger partial charge is 0.116 e. The second-order valence-corrected chi connectivity index (χ2v) is 12.4. The molecule has 0 N–H and O–H groups in total. The van der Waals surface area contributed by atoms with Gasteiger partial charge in [-0.05, 0) is 101 Å². The van der Waals surface area contributed by atoms with Crippen molar-refractivity contribution in [3.05, 3.63) is 82.2 Å². The van der Waals surface area contributed by atoms with E-state index in [9.17, 15) is 0 Å². The van der Waals surface area contributed by atoms with Crippen LogP contribution in [0.1, 0.15) is 108 Å². The van der Waals surface area contributed by atoms with Crippen molar-refractivity contribution < 1.29 is 4.79 Å². The van der Waals surface area contributed by atoms with E-state index in [0.717, 1.165) is 17.8 Å². The van der Waals surface area contributed by atoms with Gasteiger partial charge in [0.25, 0.3) is 0 Å². The molecule has 0 saturated carbocycles. The van der Waals surface area contributed by atoms with Gasteiger partial charge in [-0.2, -0.15) is 24.4 Å². The van der Waals surface area contributed by atoms with Crippen LogP contribution in [-0.2, 0) is 17.0 Å². The second-order valence-electron chi connectivity index (χ2n) is 10.9. The molecule has 0 bridgehead atoms. The molecule has 1 fully saturated rings. The third-order valence-electron chi connectivity index (χ3n) is 7.75. The standard InChI is InChI=1S/C29H41NS2.C3H6.C2H4O/c1-6-7-8-11-23-14-20(3)28(24-12-9-10-19(2)13-24)26(15-23)18-32-17-25-16-27-29(31)22(5)30(27)21(25)4;1-3-2;1-2-3/h13-15,24,27,29,31H,5-12,16-18H2,1-4H3;3H,1H2,2H3;2H,1H3. The van der Waals surface area contributed by atoms with Crippen molar-refractivity contribution in [3.63, 3.8) is 0 Å². The van der Waals surface area contributed by atoms with Crippen LogP contribution in [0, 0.1) is 6.92 Å². The van der Waals surface area contributed by atoms with Crippen molar-refractivity contribution in [1.82, 2.24) is 4.90 Å². The van der Waals surface area contributed by atoms with E-state index in [-0.39, 0.29) is 0 Å². The zero-order chi connectivity index (χ0) is 28.2. The van der Waals surface area contributed by atoms with Crippen LogP contribution in [0.3, 0.4) is 0 Å². The molecule has 3 unspecified atom stereocenters. The average Bonchev–Trinajstić information content (AvgIpc) is 3.17. The lowest BCUT2D eigenvalue weighted by Gasteiger charge is -2.46. The zero-order valence-electron chi connectivity index (χ0n) is 24.8. The Morgan fingerprint density at radius 1 is 1.16 bits per heavy atom. The van der Waals surface area contributed by atoms with E-state index in [0.29, 0.717) is 17.2 Å². The van der Waals surface area contributed by atoms with E-state index in [1.54, 1.807) is 33.9 Å². The molecular weight excluding hydrogens is 503 g/mol. The SMILES string of the molecule is C=C1C(S)C2CC(CSCc3cc(CCCCC)cc(C)c3C3C=C(C)CCC3)=C(C)N12.C=CC.CC=O. The second kappa shape index (κ2) is 16.5. The van der Waals surface area contributed by atoms with Gasteiger partial charge in [0.15, 0.2) is 0 Å². The van der Waals surface area contributed by atoms with E-state index in [1.807, 2.05) is 6.92 Å². The summed E-state index contributed by atoms with van der Waals surface area (Å²) in [7, 11) is 0. The van der Waals surface area contributed by atoms with E-state index < -0.39 is 0 Å². The molecule has 0 radical (unpaired) electrons. The fourth-order valence-corrected chi connectivity index (χ4v) is 7.48. The number of rotatable bonds is 9. The highest BCUT2D eigenvalue weighted by molar-refractivity contribution is 7.98. The van der Waals surface area contributed by atoms with Gasteiger partial charge in [-0.1, -0.05) is 56.2 Å². The summed E-state index contributed by atoms with van der Waals surface area (Å²) in [6, 6.07) is 5.60. The van der Waals surface area contributed by atoms with Crippen LogP contribution >= 0.6 is 24.4 Å². The maximum atomic E-state index is 8.81. The summed E-state index contributed by atoms with van der Waals surface area (Å²) in [6.07, 6.45) is 15.3. The van der Waals surface area contributed by atoms with E-state index >= 15 is 0 Å². The molecule has 2 aliphatic heterocycles. The number of hydrogen-bond acceptors (Lipinski definition) is 4. The van der Waals surface area contributed by atoms with Gasteiger partial charge in [0.2, 0.25) is 0 Å². The molecule has 38 heavy (non-hydrogen) atoms. The maximum Gasteiger partial charge on any atom is 0.116 e. The Morgan fingerprint density at radius 3 is 2.45 bits per heavy atom. The highest BCUT2D eigenvalue weighted by Crippen LogP contribution is 2.46. The Balaban J connectivity index is 0.000000773. The van der Waals surface area contributed by atoms with Crippen LogP contribution in [0.4, 0.5) is 0 Å². The number of carbonyl (C=O) groups is 1. The lowest BCUT2D eigenvalue weighted by molar-refractivity contribution is -0.106. The van der Waals surface area contributed by atoms with Crippen molar-refractivity contribution in [1.29, 1.82) is 0 Å². The number of benzene rings is 1. The molecule has 4 heteroatoms. The summed E-state index contributed by atoms with van der Waals surface area (Å²) in [5, 5.41) is 0.350. The molecule has 0 spiro atoms. The summed E-state index contributed by atoms with van der Waals surface area (Å²) >= 11 is 6.85. The molecule has 3 aliphatic rings. The molecule has 2 nitrogen and oxygen atoms in total. The van der Waals surface area contributed by atoms with Crippen molar-refractivity contribution in [2.75, 3.05) is 5.75 Å². The van der Waals surface area contributed by atoms with Gasteiger partial charge in [0.05, 0.1) is 11.3 Å². The molecule has 1 aromatic carbocycles. The van der Waals surface area contributed by atoms with Crippen LogP contribution in [0.2, 0.25) is 0 Å². The number of aldehydes is 1. The fourth-order valence-electron chi connectivity index (χ4n) is 5.99. The van der Waals surface area contributed by atoms with Crippen LogP contribution in [0.5, 0.6) is 0 Å². The Morgan fingerprint density at radius 2 is 1.84 bits per heavy atom. The Kier molecular flexibility index (Phi) is 14.1. The molecule has 1 saturated heterocycles. The average molecular weight is 554 g/mol. The predicted octanol–water partition coefficient (Wildman–Crippen LogP) is 9.75. The normalized spacial score (nSPS) is 21.9. The van der Waals surface area contributed by atoms with Crippen molar-refractivity contribution >= 4 is 30.7 Å². The number of thiol groups is 1. The van der Waals surface area contributed by atoms with Gasteiger partial charge >= 0.3 is 0 Å². The highest BCUT2D eigenvalue weighted by atomic mass is 32.2. The Bertz CT molecular complexity index is 1020. The minimum Gasteiger partial charge on any atom is -0.343 e. The molecule has 0 aromatic heterocycles. The number of nitrogens with zero attached hydrogens (tertiary/aromatic N) is 1. The van der Waals surface area contributed by atoms with Gasteiger partial charge in [-0.25, -0.2) is 0 Å². The summed E-state index contributed by atoms with van der Waals surface area (Å²) in [4.78, 5) is 11.2. The van der Waals surface area contributed by atoms with E-state index in [1.165, 1.54) is 75.2 Å². The first-order chi connectivity index (χ1) is 18.2. The predicted molar refractivity (Wildman–Crippen MR) is 173 cm³/mol. The zero-order valence-corrected chi connectivity index (χ0v) is 26.5. The van der Waals surface area contributed by atoms with E-state index in [4.69, 9.17) is 17.4 Å². The molecule has 1 aromatic rings. The molecule has 2 heterocycles. The molecule has 0 amide bonds. The lowest BCUT2D eigenvalue weighted by atomic mass is 9.81. The lowest BCUT2D eigenvalue weighted by Crippen LogP contribution is -2.50. The minimum absolute atomic E-state index is 0.350. The molecule has 1 aliphatic carbocycles. The van der Waals surface area contributed by atoms with Crippen LogP contribution in [0.15, 0.2) is 60.0 Å². The monoisotopic (exact) mass is 553 g/mol. The molecule has 210 valence electrons. The first-order valence-electron chi connectivity index (χ1n) is 14.4. The number of allylic oxidation sites excluding steroid dienone is 4. The van der Waals surface area contributed by atoms with Gasteiger partial charge in [0, 0.05) is 28.8 Å². The summed E-state index contributed by atoms with van der Waals surface area (Å²) < 4.78 is 0. The van der Waals surface area contributed by atoms with Gasteiger partial charge in [0.1, 0.15) is 6.29 Å². The van der Waals surface area contributed by atoms with E-state index in [2.05, 4.69) is 75.7 Å². The van der Waals surface area contributed by atoms with Gasteiger partial charge in [-0.3, -0.25) is 0 Å². The van der Waals surface area contributed by atoms with Crippen LogP contribution < -0.4 is 0 Å². The Hall–Kier alpha value is -1.65. The number of thioether (sulfide) groups is 1. The van der Waals surface area contributed by atoms with Crippen LogP contribution in [0.25, 0.3) is 0 Å². The first-order valence-corrected chi connectivity index (χ1v) is 16.1. The van der Waals surface area contributed by atoms with Crippen molar-refractivity contribution in [3.8, 4) is 0 Å². The first kappa shape index (κ1) is 32.6. The van der Waals surface area contributed by atoms with Crippen LogP contribution in [-0.4, -0.2) is 28.2 Å². The quantitative estimate of drug-likeness (QED) is 0.142. The summed E-state index contributed by atoms with van der Waals surface area (Å²) in [5.74, 6) is 2.85. The van der Waals surface area contributed by atoms with Crippen molar-refractivity contribution in [2.24, 2.45) is 0 Å².